The smallest absolute Gasteiger partial charge is 0.360 e. The maximum absolute atomic E-state index is 13.1. The first-order valence-electron chi connectivity index (χ1n) is 10.2. The van der Waals surface area contributed by atoms with Crippen LogP contribution in [0.4, 0.5) is 0 Å². The molecule has 0 radical (unpaired) electrons. The quantitative estimate of drug-likeness (QED) is 0.483. The highest BCUT2D eigenvalue weighted by Gasteiger charge is 2.27. The standard InChI is InChI=1S/C24H24N4O4/c1-24(2,3)27-22(29)17-12-8-11-16-18(17)21-25-14-26-28(21)19(23(30)31-4)20(16)32-13-15-9-6-5-7-10-15/h5-12,14H,13H2,1-4H3,(H,27,29). The molecular weight excluding hydrogens is 408 g/mol. The van der Waals surface area contributed by atoms with Crippen LogP contribution in [0.25, 0.3) is 16.4 Å². The minimum atomic E-state index is -0.616. The van der Waals surface area contributed by atoms with Crippen LogP contribution >= 0.6 is 0 Å². The van der Waals surface area contributed by atoms with Crippen molar-refractivity contribution in [1.82, 2.24) is 19.9 Å². The second kappa shape index (κ2) is 8.30. The topological polar surface area (TPSA) is 94.8 Å². The van der Waals surface area contributed by atoms with Crippen LogP contribution in [-0.4, -0.2) is 39.1 Å². The van der Waals surface area contributed by atoms with Gasteiger partial charge >= 0.3 is 5.97 Å². The van der Waals surface area contributed by atoms with Gasteiger partial charge in [-0.05, 0) is 32.4 Å². The molecule has 2 heterocycles. The highest BCUT2D eigenvalue weighted by Crippen LogP contribution is 2.35. The van der Waals surface area contributed by atoms with Crippen LogP contribution in [0.1, 0.15) is 47.2 Å². The number of hydrogen-bond acceptors (Lipinski definition) is 6. The number of esters is 1. The van der Waals surface area contributed by atoms with Crippen molar-refractivity contribution in [2.24, 2.45) is 0 Å². The number of methoxy groups -OCH3 is 1. The highest BCUT2D eigenvalue weighted by atomic mass is 16.5. The summed E-state index contributed by atoms with van der Waals surface area (Å²) in [5.74, 6) is -0.595. The summed E-state index contributed by atoms with van der Waals surface area (Å²) in [4.78, 5) is 30.2. The first-order chi connectivity index (χ1) is 15.3. The molecule has 4 rings (SSSR count). The molecule has 0 aliphatic rings. The lowest BCUT2D eigenvalue weighted by Gasteiger charge is -2.22. The van der Waals surface area contributed by atoms with Crippen LogP contribution in [0.15, 0.2) is 54.9 Å². The predicted octanol–water partition coefficient (Wildman–Crippen LogP) is 3.78. The molecular formula is C24H24N4O4. The summed E-state index contributed by atoms with van der Waals surface area (Å²) < 4.78 is 12.5. The minimum Gasteiger partial charge on any atom is -0.486 e. The number of aromatic nitrogens is 3. The van der Waals surface area contributed by atoms with Crippen LogP contribution in [0.3, 0.4) is 0 Å². The van der Waals surface area contributed by atoms with Gasteiger partial charge in [0.25, 0.3) is 5.91 Å². The zero-order valence-corrected chi connectivity index (χ0v) is 18.4. The summed E-state index contributed by atoms with van der Waals surface area (Å²) in [6.07, 6.45) is 1.33. The Kier molecular flexibility index (Phi) is 5.52. The normalized spacial score (nSPS) is 11.5. The van der Waals surface area contributed by atoms with Crippen molar-refractivity contribution in [3.05, 3.63) is 71.7 Å². The van der Waals surface area contributed by atoms with E-state index in [4.69, 9.17) is 9.47 Å². The molecule has 0 saturated carbocycles. The third kappa shape index (κ3) is 3.99. The number of ether oxygens (including phenoxy) is 2. The van der Waals surface area contributed by atoms with Gasteiger partial charge in [0.2, 0.25) is 0 Å². The average molecular weight is 432 g/mol. The molecule has 0 bridgehead atoms. The third-order valence-corrected chi connectivity index (χ3v) is 4.85. The van der Waals surface area contributed by atoms with E-state index in [1.807, 2.05) is 51.1 Å². The summed E-state index contributed by atoms with van der Waals surface area (Å²) in [6, 6.07) is 14.9. The number of nitrogens with zero attached hydrogens (tertiary/aromatic N) is 3. The number of fused-ring (bicyclic) bond motifs is 3. The fourth-order valence-corrected chi connectivity index (χ4v) is 3.53. The largest absolute Gasteiger partial charge is 0.486 e. The monoisotopic (exact) mass is 432 g/mol. The van der Waals surface area contributed by atoms with Gasteiger partial charge in [0.1, 0.15) is 12.9 Å². The SMILES string of the molecule is COC(=O)c1c(OCc2ccccc2)c2cccc(C(=O)NC(C)(C)C)c2c2ncnn12. The number of carbonyl (C=O) groups excluding carboxylic acids is 2. The first-order valence-corrected chi connectivity index (χ1v) is 10.2. The third-order valence-electron chi connectivity index (χ3n) is 4.85. The van der Waals surface area contributed by atoms with Gasteiger partial charge in [0.15, 0.2) is 17.1 Å². The number of benzene rings is 2. The molecule has 2 aromatic heterocycles. The van der Waals surface area contributed by atoms with Gasteiger partial charge in [-0.3, -0.25) is 4.79 Å². The van der Waals surface area contributed by atoms with E-state index in [0.717, 1.165) is 5.56 Å². The summed E-state index contributed by atoms with van der Waals surface area (Å²) in [6.45, 7) is 5.95. The minimum absolute atomic E-state index is 0.108. The van der Waals surface area contributed by atoms with Gasteiger partial charge < -0.3 is 14.8 Å². The van der Waals surface area contributed by atoms with Crippen molar-refractivity contribution < 1.29 is 19.1 Å². The summed E-state index contributed by atoms with van der Waals surface area (Å²) in [5.41, 5.74) is 1.39. The average Bonchev–Trinajstić information content (AvgIpc) is 3.25. The van der Waals surface area contributed by atoms with Gasteiger partial charge in [-0.15, -0.1) is 0 Å². The van der Waals surface area contributed by atoms with Crippen LogP contribution in [-0.2, 0) is 11.3 Å². The Bertz CT molecular complexity index is 1310. The lowest BCUT2D eigenvalue weighted by molar-refractivity contribution is 0.0585. The molecule has 1 N–H and O–H groups in total. The Morgan fingerprint density at radius 3 is 2.50 bits per heavy atom. The summed E-state index contributed by atoms with van der Waals surface area (Å²) in [7, 11) is 1.30. The van der Waals surface area contributed by atoms with E-state index in [2.05, 4.69) is 15.4 Å². The van der Waals surface area contributed by atoms with E-state index < -0.39 is 11.5 Å². The van der Waals surface area contributed by atoms with Crippen molar-refractivity contribution in [2.45, 2.75) is 32.9 Å². The van der Waals surface area contributed by atoms with E-state index in [1.54, 1.807) is 18.2 Å². The molecule has 0 fully saturated rings. The van der Waals surface area contributed by atoms with Crippen molar-refractivity contribution in [1.29, 1.82) is 0 Å². The number of pyridine rings is 1. The molecule has 0 unspecified atom stereocenters. The van der Waals surface area contributed by atoms with Gasteiger partial charge in [0.05, 0.1) is 12.7 Å². The number of amides is 1. The van der Waals surface area contributed by atoms with Crippen LogP contribution < -0.4 is 10.1 Å². The van der Waals surface area contributed by atoms with E-state index in [1.165, 1.54) is 18.0 Å². The van der Waals surface area contributed by atoms with E-state index in [-0.39, 0.29) is 24.0 Å². The molecule has 8 heteroatoms. The molecule has 0 aliphatic heterocycles. The lowest BCUT2D eigenvalue weighted by atomic mass is 10.0. The van der Waals surface area contributed by atoms with Gasteiger partial charge in [-0.1, -0.05) is 42.5 Å². The van der Waals surface area contributed by atoms with Crippen LogP contribution in [0, 0.1) is 0 Å². The summed E-state index contributed by atoms with van der Waals surface area (Å²) >= 11 is 0. The molecule has 0 atom stereocenters. The zero-order valence-electron chi connectivity index (χ0n) is 18.4. The fourth-order valence-electron chi connectivity index (χ4n) is 3.53. The second-order valence-corrected chi connectivity index (χ2v) is 8.37. The van der Waals surface area contributed by atoms with Gasteiger partial charge in [-0.2, -0.15) is 5.10 Å². The molecule has 0 saturated heterocycles. The second-order valence-electron chi connectivity index (χ2n) is 8.37. The maximum Gasteiger partial charge on any atom is 0.360 e. The molecule has 4 aromatic rings. The highest BCUT2D eigenvalue weighted by molar-refractivity contribution is 6.15. The number of rotatable bonds is 5. The number of nitrogens with one attached hydrogen (secondary N) is 1. The molecule has 0 spiro atoms. The van der Waals surface area contributed by atoms with Crippen molar-refractivity contribution in [3.8, 4) is 5.75 Å². The maximum atomic E-state index is 13.1. The molecule has 2 aromatic carbocycles. The number of hydrogen-bond donors (Lipinski definition) is 1. The van der Waals surface area contributed by atoms with Gasteiger partial charge in [-0.25, -0.2) is 14.3 Å². The fraction of sp³-hybridized carbons (Fsp3) is 0.250. The molecule has 0 aliphatic carbocycles. The van der Waals surface area contributed by atoms with E-state index in [9.17, 15) is 9.59 Å². The Balaban J connectivity index is 1.97. The Morgan fingerprint density at radius 1 is 1.06 bits per heavy atom. The van der Waals surface area contributed by atoms with Crippen molar-refractivity contribution in [3.63, 3.8) is 0 Å². The molecule has 1 amide bonds. The van der Waals surface area contributed by atoms with Gasteiger partial charge in [0, 0.05) is 16.3 Å². The predicted molar refractivity (Wildman–Crippen MR) is 120 cm³/mol. The zero-order chi connectivity index (χ0) is 22.9. The van der Waals surface area contributed by atoms with E-state index in [0.29, 0.717) is 22.0 Å². The van der Waals surface area contributed by atoms with E-state index >= 15 is 0 Å². The number of carbonyl (C=O) groups is 2. The Hall–Kier alpha value is -3.94. The lowest BCUT2D eigenvalue weighted by Crippen LogP contribution is -2.40. The van der Waals surface area contributed by atoms with Crippen LogP contribution in [0.2, 0.25) is 0 Å². The van der Waals surface area contributed by atoms with Crippen molar-refractivity contribution >= 4 is 28.3 Å². The molecule has 164 valence electrons. The Morgan fingerprint density at radius 2 is 1.81 bits per heavy atom. The van der Waals surface area contributed by atoms with Crippen molar-refractivity contribution in [2.75, 3.05) is 7.11 Å². The first kappa shape index (κ1) is 21.3. The summed E-state index contributed by atoms with van der Waals surface area (Å²) in [5, 5.41) is 8.32. The molecule has 32 heavy (non-hydrogen) atoms. The molecule has 8 nitrogen and oxygen atoms in total. The Labute approximate surface area is 185 Å². The van der Waals surface area contributed by atoms with Crippen LogP contribution in [0.5, 0.6) is 5.75 Å².